The molecule has 0 aromatic heterocycles. The van der Waals surface area contributed by atoms with E-state index in [0.717, 1.165) is 6.04 Å². The van der Waals surface area contributed by atoms with E-state index in [0.29, 0.717) is 5.92 Å². The average Bonchev–Trinajstić information content (AvgIpc) is 2.66. The highest BCUT2D eigenvalue weighted by Crippen LogP contribution is 2.37. The van der Waals surface area contributed by atoms with Crippen molar-refractivity contribution in [2.45, 2.75) is 38.2 Å². The first-order valence-electron chi connectivity index (χ1n) is 4.49. The number of alkyl halides is 3. The SMILES string of the molecule is C[Si](C)(CC1CC1)OCC(F)(F)F. The Hall–Kier alpha value is -0.0331. The highest BCUT2D eigenvalue weighted by Gasteiger charge is 2.36. The second-order valence-corrected chi connectivity index (χ2v) is 8.53. The first-order chi connectivity index (χ1) is 5.79. The third-order valence-corrected chi connectivity index (χ3v) is 4.59. The minimum atomic E-state index is -4.17. The van der Waals surface area contributed by atoms with Crippen molar-refractivity contribution in [1.29, 1.82) is 0 Å². The second kappa shape index (κ2) is 3.61. The maximum absolute atomic E-state index is 11.8. The molecule has 0 aromatic rings. The summed E-state index contributed by atoms with van der Waals surface area (Å²) in [5, 5.41) is 0. The molecule has 0 bridgehead atoms. The number of hydrogen-bond acceptors (Lipinski definition) is 1. The van der Waals surface area contributed by atoms with Crippen molar-refractivity contribution < 1.29 is 17.6 Å². The largest absolute Gasteiger partial charge is 0.410 e. The van der Waals surface area contributed by atoms with E-state index >= 15 is 0 Å². The molecule has 0 amide bonds. The van der Waals surface area contributed by atoms with E-state index in [4.69, 9.17) is 4.43 Å². The predicted molar refractivity (Wildman–Crippen MR) is 47.0 cm³/mol. The Morgan fingerprint density at radius 1 is 1.31 bits per heavy atom. The highest BCUT2D eigenvalue weighted by atomic mass is 28.4. The van der Waals surface area contributed by atoms with Crippen molar-refractivity contribution in [3.8, 4) is 0 Å². The van der Waals surface area contributed by atoms with Crippen LogP contribution < -0.4 is 0 Å². The fourth-order valence-corrected chi connectivity index (χ4v) is 3.82. The molecule has 0 unspecified atom stereocenters. The molecular formula is C8H15F3OSi. The van der Waals surface area contributed by atoms with Gasteiger partial charge in [0.25, 0.3) is 0 Å². The van der Waals surface area contributed by atoms with Crippen LogP contribution in [-0.4, -0.2) is 21.1 Å². The van der Waals surface area contributed by atoms with E-state index < -0.39 is 21.1 Å². The molecule has 5 heteroatoms. The van der Waals surface area contributed by atoms with Crippen molar-refractivity contribution in [3.05, 3.63) is 0 Å². The van der Waals surface area contributed by atoms with Crippen LogP contribution in [0.3, 0.4) is 0 Å². The first kappa shape index (κ1) is 11.0. The van der Waals surface area contributed by atoms with Gasteiger partial charge in [-0.25, -0.2) is 0 Å². The van der Waals surface area contributed by atoms with Crippen molar-refractivity contribution >= 4 is 8.32 Å². The summed E-state index contributed by atoms with van der Waals surface area (Å²) in [4.78, 5) is 0. The fourth-order valence-electron chi connectivity index (χ4n) is 1.35. The van der Waals surface area contributed by atoms with Gasteiger partial charge >= 0.3 is 6.18 Å². The number of hydrogen-bond donors (Lipinski definition) is 0. The Kier molecular flexibility index (Phi) is 3.07. The molecule has 0 radical (unpaired) electrons. The summed E-state index contributed by atoms with van der Waals surface area (Å²) in [6.45, 7) is 2.65. The maximum atomic E-state index is 11.8. The summed E-state index contributed by atoms with van der Waals surface area (Å²) in [6.07, 6.45) is -1.83. The van der Waals surface area contributed by atoms with Gasteiger partial charge in [0, 0.05) is 0 Å². The highest BCUT2D eigenvalue weighted by molar-refractivity contribution is 6.71. The van der Waals surface area contributed by atoms with Crippen LogP contribution in [0.4, 0.5) is 13.2 Å². The third-order valence-electron chi connectivity index (χ3n) is 2.10. The van der Waals surface area contributed by atoms with Gasteiger partial charge in [-0.1, -0.05) is 12.8 Å². The van der Waals surface area contributed by atoms with Gasteiger partial charge < -0.3 is 4.43 Å². The third kappa shape index (κ3) is 5.31. The Bertz CT molecular complexity index is 175. The average molecular weight is 212 g/mol. The lowest BCUT2D eigenvalue weighted by molar-refractivity contribution is -0.155. The van der Waals surface area contributed by atoms with Crippen molar-refractivity contribution in [2.75, 3.05) is 6.61 Å². The van der Waals surface area contributed by atoms with E-state index in [1.165, 1.54) is 12.8 Å². The van der Waals surface area contributed by atoms with Gasteiger partial charge in [-0.15, -0.1) is 0 Å². The second-order valence-electron chi connectivity index (χ2n) is 4.31. The van der Waals surface area contributed by atoms with E-state index in [-0.39, 0.29) is 0 Å². The molecule has 1 aliphatic carbocycles. The summed E-state index contributed by atoms with van der Waals surface area (Å²) < 4.78 is 40.5. The Balaban J connectivity index is 2.24. The first-order valence-corrected chi connectivity index (χ1v) is 7.61. The summed E-state index contributed by atoms with van der Waals surface area (Å²) in [5.74, 6) is 0.648. The lowest BCUT2D eigenvalue weighted by atomic mass is 10.5. The van der Waals surface area contributed by atoms with Crippen molar-refractivity contribution in [2.24, 2.45) is 5.92 Å². The maximum Gasteiger partial charge on any atom is 0.410 e. The van der Waals surface area contributed by atoms with Gasteiger partial charge in [-0.3, -0.25) is 0 Å². The zero-order valence-electron chi connectivity index (χ0n) is 7.95. The molecule has 0 aromatic carbocycles. The smallest absolute Gasteiger partial charge is 0.408 e. The standard InChI is InChI=1S/C8H15F3OSi/c1-13(2,5-7-3-4-7)12-6-8(9,10)11/h7H,3-6H2,1-2H3. The number of rotatable bonds is 4. The molecule has 0 N–H and O–H groups in total. The molecule has 1 aliphatic rings. The van der Waals surface area contributed by atoms with Gasteiger partial charge in [0.1, 0.15) is 6.61 Å². The van der Waals surface area contributed by atoms with E-state index in [1.54, 1.807) is 0 Å². The molecule has 0 heterocycles. The van der Waals surface area contributed by atoms with E-state index in [2.05, 4.69) is 0 Å². The van der Waals surface area contributed by atoms with Crippen molar-refractivity contribution in [1.82, 2.24) is 0 Å². The Labute approximate surface area is 77.4 Å². The van der Waals surface area contributed by atoms with Crippen LogP contribution in [0.15, 0.2) is 0 Å². The molecule has 0 saturated heterocycles. The summed E-state index contributed by atoms with van der Waals surface area (Å²) in [5.41, 5.74) is 0. The van der Waals surface area contributed by atoms with Crippen LogP contribution in [0.1, 0.15) is 12.8 Å². The molecular weight excluding hydrogens is 197 g/mol. The van der Waals surface area contributed by atoms with E-state index in [9.17, 15) is 13.2 Å². The molecule has 0 atom stereocenters. The molecule has 0 spiro atoms. The quantitative estimate of drug-likeness (QED) is 0.650. The molecule has 1 rings (SSSR count). The van der Waals surface area contributed by atoms with Crippen LogP contribution in [0, 0.1) is 5.92 Å². The molecule has 13 heavy (non-hydrogen) atoms. The van der Waals surface area contributed by atoms with Crippen LogP contribution in [-0.2, 0) is 4.43 Å². The van der Waals surface area contributed by atoms with Crippen LogP contribution in [0.5, 0.6) is 0 Å². The minimum Gasteiger partial charge on any atom is -0.408 e. The van der Waals surface area contributed by atoms with Gasteiger partial charge in [0.2, 0.25) is 0 Å². The Morgan fingerprint density at radius 2 is 1.85 bits per heavy atom. The molecule has 0 aliphatic heterocycles. The zero-order chi connectivity index (χ0) is 10.1. The summed E-state index contributed by atoms with van der Waals surface area (Å²) >= 11 is 0. The number of halogens is 3. The normalized spacial score (nSPS) is 19.2. The van der Waals surface area contributed by atoms with E-state index in [1.807, 2.05) is 13.1 Å². The predicted octanol–water partition coefficient (Wildman–Crippen LogP) is 3.18. The molecule has 1 saturated carbocycles. The summed E-state index contributed by atoms with van der Waals surface area (Å²) in [7, 11) is -2.03. The van der Waals surface area contributed by atoms with Gasteiger partial charge in [0.15, 0.2) is 8.32 Å². The lowest BCUT2D eigenvalue weighted by Crippen LogP contribution is -2.35. The zero-order valence-corrected chi connectivity index (χ0v) is 8.95. The molecule has 78 valence electrons. The van der Waals surface area contributed by atoms with Crippen LogP contribution in [0.25, 0.3) is 0 Å². The fraction of sp³-hybridized carbons (Fsp3) is 1.00. The van der Waals surface area contributed by atoms with Gasteiger partial charge in [0.05, 0.1) is 0 Å². The monoisotopic (exact) mass is 212 g/mol. The topological polar surface area (TPSA) is 9.23 Å². The lowest BCUT2D eigenvalue weighted by Gasteiger charge is -2.23. The minimum absolute atomic E-state index is 0.648. The van der Waals surface area contributed by atoms with Gasteiger partial charge in [-0.05, 0) is 25.1 Å². The van der Waals surface area contributed by atoms with Crippen LogP contribution in [0.2, 0.25) is 19.1 Å². The van der Waals surface area contributed by atoms with Crippen molar-refractivity contribution in [3.63, 3.8) is 0 Å². The Morgan fingerprint density at radius 3 is 2.23 bits per heavy atom. The van der Waals surface area contributed by atoms with Crippen LogP contribution >= 0.6 is 0 Å². The molecule has 1 fully saturated rings. The van der Waals surface area contributed by atoms with Gasteiger partial charge in [-0.2, -0.15) is 13.2 Å². The summed E-state index contributed by atoms with van der Waals surface area (Å²) in [6, 6.07) is 0.878. The molecule has 1 nitrogen and oxygen atoms in total.